The zero-order chi connectivity index (χ0) is 19.5. The second-order valence-electron chi connectivity index (χ2n) is 7.08. The SMILES string of the molecule is COc1ccc(CN2CCCn3cccc3C2c2ccc(Cl)cc2)c(OC)c1. The lowest BCUT2D eigenvalue weighted by molar-refractivity contribution is 0.217. The van der Waals surface area contributed by atoms with Gasteiger partial charge in [-0.25, -0.2) is 0 Å². The number of hydrogen-bond acceptors (Lipinski definition) is 3. The molecule has 3 aromatic rings. The molecule has 4 nitrogen and oxygen atoms in total. The summed E-state index contributed by atoms with van der Waals surface area (Å²) in [7, 11) is 3.39. The first-order valence-corrected chi connectivity index (χ1v) is 9.93. The van der Waals surface area contributed by atoms with Crippen LogP contribution in [0.5, 0.6) is 11.5 Å². The number of halogens is 1. The van der Waals surface area contributed by atoms with E-state index in [0.717, 1.165) is 48.1 Å². The minimum Gasteiger partial charge on any atom is -0.497 e. The van der Waals surface area contributed by atoms with E-state index in [1.54, 1.807) is 14.2 Å². The molecule has 2 aromatic carbocycles. The molecule has 0 saturated carbocycles. The number of methoxy groups -OCH3 is 2. The maximum absolute atomic E-state index is 6.15. The van der Waals surface area contributed by atoms with Crippen molar-refractivity contribution < 1.29 is 9.47 Å². The van der Waals surface area contributed by atoms with Gasteiger partial charge in [0.2, 0.25) is 0 Å². The summed E-state index contributed by atoms with van der Waals surface area (Å²) in [6.07, 6.45) is 3.28. The fourth-order valence-corrected chi connectivity index (χ4v) is 4.16. The van der Waals surface area contributed by atoms with Crippen LogP contribution >= 0.6 is 11.6 Å². The molecule has 0 fully saturated rings. The average Bonchev–Trinajstić information content (AvgIpc) is 3.11. The van der Waals surface area contributed by atoms with Crippen molar-refractivity contribution in [1.29, 1.82) is 0 Å². The molecular weight excluding hydrogens is 372 g/mol. The van der Waals surface area contributed by atoms with Gasteiger partial charge >= 0.3 is 0 Å². The van der Waals surface area contributed by atoms with Gasteiger partial charge in [-0.2, -0.15) is 0 Å². The number of aryl methyl sites for hydroxylation is 1. The minimum atomic E-state index is 0.168. The van der Waals surface area contributed by atoms with Crippen molar-refractivity contribution in [2.75, 3.05) is 20.8 Å². The Hall–Kier alpha value is -2.43. The van der Waals surface area contributed by atoms with Crippen LogP contribution in [0.2, 0.25) is 5.02 Å². The first-order chi connectivity index (χ1) is 13.7. The van der Waals surface area contributed by atoms with Crippen LogP contribution in [0.25, 0.3) is 0 Å². The first kappa shape index (κ1) is 18.9. The Labute approximate surface area is 171 Å². The van der Waals surface area contributed by atoms with E-state index >= 15 is 0 Å². The number of rotatable bonds is 5. The molecule has 0 saturated heterocycles. The van der Waals surface area contributed by atoms with Crippen LogP contribution in [0.3, 0.4) is 0 Å². The van der Waals surface area contributed by atoms with Gasteiger partial charge in [0, 0.05) is 48.2 Å². The maximum Gasteiger partial charge on any atom is 0.127 e. The molecule has 0 N–H and O–H groups in total. The second-order valence-corrected chi connectivity index (χ2v) is 7.52. The van der Waals surface area contributed by atoms with Gasteiger partial charge in [0.15, 0.2) is 0 Å². The standard InChI is InChI=1S/C23H25ClN2O2/c1-27-20-11-8-18(22(15-20)28-2)16-26-14-4-13-25-12-3-5-21(25)23(26)17-6-9-19(24)10-7-17/h3,5-12,15,23H,4,13-14,16H2,1-2H3. The third-order valence-corrected chi connectivity index (χ3v) is 5.66. The van der Waals surface area contributed by atoms with Crippen molar-refractivity contribution >= 4 is 11.6 Å². The number of aromatic nitrogens is 1. The van der Waals surface area contributed by atoms with Crippen molar-refractivity contribution in [1.82, 2.24) is 9.47 Å². The van der Waals surface area contributed by atoms with E-state index in [1.807, 2.05) is 24.3 Å². The van der Waals surface area contributed by atoms with Gasteiger partial charge in [0.05, 0.1) is 20.3 Å². The molecule has 1 aromatic heterocycles. The first-order valence-electron chi connectivity index (χ1n) is 9.55. The molecule has 5 heteroatoms. The van der Waals surface area contributed by atoms with E-state index in [2.05, 4.69) is 46.0 Å². The Kier molecular flexibility index (Phi) is 5.60. The molecule has 146 valence electrons. The van der Waals surface area contributed by atoms with Crippen LogP contribution in [-0.2, 0) is 13.1 Å². The zero-order valence-corrected chi connectivity index (χ0v) is 17.0. The molecule has 1 aliphatic rings. The lowest BCUT2D eigenvalue weighted by Crippen LogP contribution is -2.29. The van der Waals surface area contributed by atoms with Gasteiger partial charge in [-0.3, -0.25) is 4.90 Å². The lowest BCUT2D eigenvalue weighted by atomic mass is 10.0. The molecular formula is C23H25ClN2O2. The smallest absolute Gasteiger partial charge is 0.127 e. The fourth-order valence-electron chi connectivity index (χ4n) is 4.04. The van der Waals surface area contributed by atoms with Crippen molar-refractivity contribution in [2.45, 2.75) is 25.6 Å². The number of ether oxygens (including phenoxy) is 2. The Bertz CT molecular complexity index is 936. The molecule has 4 rings (SSSR count). The minimum absolute atomic E-state index is 0.168. The molecule has 0 bridgehead atoms. The van der Waals surface area contributed by atoms with Crippen LogP contribution in [0, 0.1) is 0 Å². The lowest BCUT2D eigenvalue weighted by Gasteiger charge is -2.31. The van der Waals surface area contributed by atoms with Crippen molar-refractivity contribution in [3.63, 3.8) is 0 Å². The summed E-state index contributed by atoms with van der Waals surface area (Å²) < 4.78 is 13.4. The molecule has 2 heterocycles. The Morgan fingerprint density at radius 3 is 2.57 bits per heavy atom. The van der Waals surface area contributed by atoms with E-state index in [0.29, 0.717) is 0 Å². The van der Waals surface area contributed by atoms with Gasteiger partial charge in [0.1, 0.15) is 11.5 Å². The topological polar surface area (TPSA) is 26.6 Å². The predicted molar refractivity (Wildman–Crippen MR) is 112 cm³/mol. The average molecular weight is 397 g/mol. The largest absolute Gasteiger partial charge is 0.497 e. The van der Waals surface area contributed by atoms with Crippen molar-refractivity contribution in [3.05, 3.63) is 82.6 Å². The third-order valence-electron chi connectivity index (χ3n) is 5.41. The maximum atomic E-state index is 6.15. The molecule has 28 heavy (non-hydrogen) atoms. The highest BCUT2D eigenvalue weighted by Crippen LogP contribution is 2.35. The summed E-state index contributed by atoms with van der Waals surface area (Å²) in [5, 5.41) is 0.760. The van der Waals surface area contributed by atoms with Gasteiger partial charge in [-0.15, -0.1) is 0 Å². The van der Waals surface area contributed by atoms with Gasteiger partial charge in [0.25, 0.3) is 0 Å². The van der Waals surface area contributed by atoms with E-state index in [4.69, 9.17) is 21.1 Å². The Balaban J connectivity index is 1.73. The van der Waals surface area contributed by atoms with Crippen LogP contribution in [0.4, 0.5) is 0 Å². The fraction of sp³-hybridized carbons (Fsp3) is 0.304. The Morgan fingerprint density at radius 2 is 1.82 bits per heavy atom. The molecule has 1 aliphatic heterocycles. The normalized spacial score (nSPS) is 17.0. The predicted octanol–water partition coefficient (Wildman–Crippen LogP) is 5.15. The van der Waals surface area contributed by atoms with Crippen LogP contribution < -0.4 is 9.47 Å². The number of nitrogens with zero attached hydrogens (tertiary/aromatic N) is 2. The van der Waals surface area contributed by atoms with Crippen molar-refractivity contribution in [3.8, 4) is 11.5 Å². The highest BCUT2D eigenvalue weighted by Gasteiger charge is 2.28. The molecule has 0 spiro atoms. The second kappa shape index (κ2) is 8.29. The molecule has 0 aliphatic carbocycles. The summed E-state index contributed by atoms with van der Waals surface area (Å²) in [6, 6.07) is 18.8. The van der Waals surface area contributed by atoms with Crippen LogP contribution in [0.15, 0.2) is 60.8 Å². The van der Waals surface area contributed by atoms with Gasteiger partial charge < -0.3 is 14.0 Å². The van der Waals surface area contributed by atoms with Crippen molar-refractivity contribution in [2.24, 2.45) is 0 Å². The molecule has 1 unspecified atom stereocenters. The quantitative estimate of drug-likeness (QED) is 0.596. The highest BCUT2D eigenvalue weighted by molar-refractivity contribution is 6.30. The number of benzene rings is 2. The monoisotopic (exact) mass is 396 g/mol. The summed E-state index contributed by atoms with van der Waals surface area (Å²) in [5.74, 6) is 1.66. The van der Waals surface area contributed by atoms with E-state index in [1.165, 1.54) is 11.3 Å². The third kappa shape index (κ3) is 3.75. The molecule has 0 amide bonds. The van der Waals surface area contributed by atoms with Gasteiger partial charge in [-0.1, -0.05) is 29.8 Å². The zero-order valence-electron chi connectivity index (χ0n) is 16.3. The summed E-state index contributed by atoms with van der Waals surface area (Å²) in [4.78, 5) is 2.52. The van der Waals surface area contributed by atoms with Crippen LogP contribution in [0.1, 0.15) is 29.3 Å². The summed E-state index contributed by atoms with van der Waals surface area (Å²) in [5.41, 5.74) is 3.72. The van der Waals surface area contributed by atoms with E-state index < -0.39 is 0 Å². The highest BCUT2D eigenvalue weighted by atomic mass is 35.5. The van der Waals surface area contributed by atoms with E-state index in [9.17, 15) is 0 Å². The number of fused-ring (bicyclic) bond motifs is 1. The molecule has 1 atom stereocenters. The van der Waals surface area contributed by atoms with E-state index in [-0.39, 0.29) is 6.04 Å². The van der Waals surface area contributed by atoms with Gasteiger partial charge in [-0.05, 0) is 42.3 Å². The Morgan fingerprint density at radius 1 is 1.00 bits per heavy atom. The number of hydrogen-bond donors (Lipinski definition) is 0. The van der Waals surface area contributed by atoms with Crippen LogP contribution in [-0.4, -0.2) is 30.2 Å². The molecule has 0 radical (unpaired) electrons. The summed E-state index contributed by atoms with van der Waals surface area (Å²) >= 11 is 6.15. The summed E-state index contributed by atoms with van der Waals surface area (Å²) in [6.45, 7) is 2.83.